The molecule has 0 atom stereocenters. The smallest absolute Gasteiger partial charge is 0.139 e. The summed E-state index contributed by atoms with van der Waals surface area (Å²) in [5.74, 6) is 2.45. The molecule has 0 aliphatic rings. The Morgan fingerprint density at radius 2 is 2.29 bits per heavy atom. The van der Waals surface area contributed by atoms with E-state index in [1.807, 2.05) is 30.1 Å². The van der Waals surface area contributed by atoms with Crippen LogP contribution in [-0.2, 0) is 5.75 Å². The fourth-order valence-corrected chi connectivity index (χ4v) is 2.19. The average Bonchev–Trinajstić information content (AvgIpc) is 2.60. The Morgan fingerprint density at radius 3 is 3.07 bits per heavy atom. The lowest BCUT2D eigenvalue weighted by atomic mass is 10.2. The molecule has 2 nitrogen and oxygen atoms in total. The number of aromatic amines is 1. The lowest BCUT2D eigenvalue weighted by molar-refractivity contribution is 0.480. The first kappa shape index (κ1) is 9.46. The zero-order valence-electron chi connectivity index (χ0n) is 8.08. The molecule has 1 heterocycles. The lowest BCUT2D eigenvalue weighted by Crippen LogP contribution is -1.77. The van der Waals surface area contributed by atoms with Crippen molar-refractivity contribution in [3.05, 3.63) is 30.0 Å². The number of H-pyrrole nitrogens is 1. The molecule has 0 bridgehead atoms. The molecule has 0 saturated carbocycles. The number of hydrogen-bond donors (Lipinski definition) is 2. The molecule has 0 aliphatic heterocycles. The van der Waals surface area contributed by atoms with Crippen molar-refractivity contribution in [2.75, 3.05) is 5.75 Å². The SMILES string of the molecule is CCSCc1c[nH]c2c(O)cccc12. The minimum Gasteiger partial charge on any atom is -0.506 e. The molecule has 14 heavy (non-hydrogen) atoms. The van der Waals surface area contributed by atoms with Crippen LogP contribution in [0.2, 0.25) is 0 Å². The predicted octanol–water partition coefficient (Wildman–Crippen LogP) is 3.13. The van der Waals surface area contributed by atoms with Crippen molar-refractivity contribution in [3.63, 3.8) is 0 Å². The van der Waals surface area contributed by atoms with Crippen LogP contribution in [0.5, 0.6) is 5.75 Å². The number of phenols is 1. The monoisotopic (exact) mass is 207 g/mol. The van der Waals surface area contributed by atoms with E-state index in [9.17, 15) is 5.11 Å². The van der Waals surface area contributed by atoms with Gasteiger partial charge >= 0.3 is 0 Å². The number of benzene rings is 1. The first-order valence-electron chi connectivity index (χ1n) is 4.68. The first-order valence-corrected chi connectivity index (χ1v) is 5.84. The highest BCUT2D eigenvalue weighted by Crippen LogP contribution is 2.28. The minimum absolute atomic E-state index is 0.329. The van der Waals surface area contributed by atoms with Crippen LogP contribution in [0.25, 0.3) is 10.9 Å². The van der Waals surface area contributed by atoms with Gasteiger partial charge in [0.2, 0.25) is 0 Å². The quantitative estimate of drug-likeness (QED) is 0.811. The predicted molar refractivity (Wildman–Crippen MR) is 61.8 cm³/mol. The zero-order valence-corrected chi connectivity index (χ0v) is 8.90. The molecule has 1 aromatic carbocycles. The molecule has 2 aromatic rings. The normalized spacial score (nSPS) is 10.9. The van der Waals surface area contributed by atoms with Gasteiger partial charge in [0.05, 0.1) is 5.52 Å². The van der Waals surface area contributed by atoms with Gasteiger partial charge in [0.1, 0.15) is 5.75 Å². The Morgan fingerprint density at radius 1 is 1.43 bits per heavy atom. The van der Waals surface area contributed by atoms with Gasteiger partial charge in [0.15, 0.2) is 0 Å². The molecule has 0 aliphatic carbocycles. The van der Waals surface area contributed by atoms with E-state index in [1.165, 1.54) is 5.56 Å². The summed E-state index contributed by atoms with van der Waals surface area (Å²) in [6, 6.07) is 5.62. The molecular formula is C11H13NOS. The van der Waals surface area contributed by atoms with Crippen LogP contribution in [0, 0.1) is 0 Å². The number of para-hydroxylation sites is 1. The van der Waals surface area contributed by atoms with Crippen molar-refractivity contribution in [2.45, 2.75) is 12.7 Å². The first-order chi connectivity index (χ1) is 6.83. The summed E-state index contributed by atoms with van der Waals surface area (Å²) >= 11 is 1.88. The summed E-state index contributed by atoms with van der Waals surface area (Å²) in [6.07, 6.45) is 1.98. The van der Waals surface area contributed by atoms with Gasteiger partial charge in [-0.1, -0.05) is 19.1 Å². The Kier molecular flexibility index (Phi) is 2.68. The van der Waals surface area contributed by atoms with Crippen LogP contribution in [0.1, 0.15) is 12.5 Å². The number of fused-ring (bicyclic) bond motifs is 1. The second-order valence-corrected chi connectivity index (χ2v) is 4.43. The highest BCUT2D eigenvalue weighted by atomic mass is 32.2. The standard InChI is InChI=1S/C11H13NOS/c1-2-14-7-8-6-12-11-9(8)4-3-5-10(11)13/h3-6,12-13H,2,7H2,1H3. The van der Waals surface area contributed by atoms with Crippen molar-refractivity contribution in [3.8, 4) is 5.75 Å². The maximum absolute atomic E-state index is 9.57. The van der Waals surface area contributed by atoms with E-state index in [0.29, 0.717) is 5.75 Å². The van der Waals surface area contributed by atoms with E-state index in [0.717, 1.165) is 22.4 Å². The van der Waals surface area contributed by atoms with E-state index >= 15 is 0 Å². The molecule has 0 amide bonds. The van der Waals surface area contributed by atoms with Crippen molar-refractivity contribution in [1.82, 2.24) is 4.98 Å². The number of rotatable bonds is 3. The van der Waals surface area contributed by atoms with Crippen LogP contribution in [0.4, 0.5) is 0 Å². The zero-order chi connectivity index (χ0) is 9.97. The van der Waals surface area contributed by atoms with Gasteiger partial charge in [0, 0.05) is 17.3 Å². The van der Waals surface area contributed by atoms with E-state index in [2.05, 4.69) is 11.9 Å². The van der Waals surface area contributed by atoms with Crippen molar-refractivity contribution in [2.24, 2.45) is 0 Å². The van der Waals surface area contributed by atoms with E-state index in [-0.39, 0.29) is 0 Å². The van der Waals surface area contributed by atoms with Crippen LogP contribution >= 0.6 is 11.8 Å². The highest BCUT2D eigenvalue weighted by molar-refractivity contribution is 7.98. The fraction of sp³-hybridized carbons (Fsp3) is 0.273. The van der Waals surface area contributed by atoms with Gasteiger partial charge in [-0.3, -0.25) is 0 Å². The average molecular weight is 207 g/mol. The Balaban J connectivity index is 2.42. The number of nitrogens with one attached hydrogen (secondary N) is 1. The number of aromatic nitrogens is 1. The summed E-state index contributed by atoms with van der Waals surface area (Å²) < 4.78 is 0. The second kappa shape index (κ2) is 3.96. The van der Waals surface area contributed by atoms with E-state index < -0.39 is 0 Å². The molecule has 2 N–H and O–H groups in total. The number of thioether (sulfide) groups is 1. The Hall–Kier alpha value is -1.09. The number of hydrogen-bond acceptors (Lipinski definition) is 2. The van der Waals surface area contributed by atoms with Gasteiger partial charge in [-0.2, -0.15) is 11.8 Å². The third-order valence-electron chi connectivity index (χ3n) is 2.24. The van der Waals surface area contributed by atoms with Gasteiger partial charge in [0.25, 0.3) is 0 Å². The van der Waals surface area contributed by atoms with E-state index in [1.54, 1.807) is 6.07 Å². The maximum atomic E-state index is 9.57. The molecule has 0 fully saturated rings. The second-order valence-electron chi connectivity index (χ2n) is 3.15. The fourth-order valence-electron chi connectivity index (χ4n) is 1.53. The van der Waals surface area contributed by atoms with Gasteiger partial charge in [-0.15, -0.1) is 0 Å². The van der Waals surface area contributed by atoms with Crippen molar-refractivity contribution in [1.29, 1.82) is 0 Å². The largest absolute Gasteiger partial charge is 0.506 e. The molecule has 0 radical (unpaired) electrons. The summed E-state index contributed by atoms with van der Waals surface area (Å²) in [5.41, 5.74) is 2.11. The summed E-state index contributed by atoms with van der Waals surface area (Å²) in [7, 11) is 0. The Labute approximate surface area is 87.3 Å². The summed E-state index contributed by atoms with van der Waals surface area (Å²) in [6.45, 7) is 2.15. The Bertz CT molecular complexity index is 436. The molecular weight excluding hydrogens is 194 g/mol. The molecule has 1 aromatic heterocycles. The molecule has 0 spiro atoms. The molecule has 2 rings (SSSR count). The van der Waals surface area contributed by atoms with Gasteiger partial charge in [-0.25, -0.2) is 0 Å². The molecule has 0 unspecified atom stereocenters. The summed E-state index contributed by atoms with van der Waals surface area (Å²) in [4.78, 5) is 3.10. The van der Waals surface area contributed by atoms with Gasteiger partial charge < -0.3 is 10.1 Å². The third-order valence-corrected chi connectivity index (χ3v) is 3.16. The van der Waals surface area contributed by atoms with E-state index in [4.69, 9.17) is 0 Å². The van der Waals surface area contributed by atoms with Crippen molar-refractivity contribution >= 4 is 22.7 Å². The van der Waals surface area contributed by atoms with Crippen LogP contribution < -0.4 is 0 Å². The van der Waals surface area contributed by atoms with Crippen LogP contribution in [0.15, 0.2) is 24.4 Å². The lowest BCUT2D eigenvalue weighted by Gasteiger charge is -1.97. The molecule has 74 valence electrons. The molecule has 0 saturated heterocycles. The van der Waals surface area contributed by atoms with Crippen molar-refractivity contribution < 1.29 is 5.11 Å². The minimum atomic E-state index is 0.329. The van der Waals surface area contributed by atoms with Gasteiger partial charge in [-0.05, 0) is 17.4 Å². The molecule has 3 heteroatoms. The number of phenolic OH excluding ortho intramolecular Hbond substituents is 1. The van der Waals surface area contributed by atoms with Crippen LogP contribution in [0.3, 0.4) is 0 Å². The topological polar surface area (TPSA) is 36.0 Å². The highest BCUT2D eigenvalue weighted by Gasteiger charge is 2.05. The maximum Gasteiger partial charge on any atom is 0.139 e. The van der Waals surface area contributed by atoms with Crippen LogP contribution in [-0.4, -0.2) is 15.8 Å². The summed E-state index contributed by atoms with van der Waals surface area (Å²) in [5, 5.41) is 10.7. The number of aromatic hydroxyl groups is 1. The third kappa shape index (κ3) is 1.60.